The summed E-state index contributed by atoms with van der Waals surface area (Å²) in [5, 5.41) is 0. The fourth-order valence-electron chi connectivity index (χ4n) is 6.53. The first-order valence-corrected chi connectivity index (χ1v) is 10.1. The van der Waals surface area contributed by atoms with Crippen molar-refractivity contribution in [2.75, 3.05) is 6.61 Å². The van der Waals surface area contributed by atoms with E-state index in [0.29, 0.717) is 25.7 Å². The van der Waals surface area contributed by atoms with Crippen LogP contribution < -0.4 is 0 Å². The van der Waals surface area contributed by atoms with Gasteiger partial charge in [0.05, 0.1) is 29.8 Å². The Kier molecular flexibility index (Phi) is 3.80. The van der Waals surface area contributed by atoms with Crippen LogP contribution in [0, 0.1) is 22.7 Å². The lowest BCUT2D eigenvalue weighted by Gasteiger charge is -2.65. The van der Waals surface area contributed by atoms with Crippen LogP contribution in [0.5, 0.6) is 0 Å². The summed E-state index contributed by atoms with van der Waals surface area (Å²) < 4.78 is 22.6. The van der Waals surface area contributed by atoms with Crippen molar-refractivity contribution in [2.24, 2.45) is 22.7 Å². The van der Waals surface area contributed by atoms with Crippen LogP contribution in [0.3, 0.4) is 0 Å². The van der Waals surface area contributed by atoms with Crippen LogP contribution in [0.25, 0.3) is 0 Å². The number of carbonyl (C=O) groups is 3. The third-order valence-corrected chi connectivity index (χ3v) is 7.82. The topological polar surface area (TPSA) is 92.0 Å². The molecule has 29 heavy (non-hydrogen) atoms. The molecule has 1 aromatic heterocycles. The molecule has 2 saturated heterocycles. The molecule has 3 fully saturated rings. The van der Waals surface area contributed by atoms with Crippen molar-refractivity contribution in [1.82, 2.24) is 0 Å². The molecule has 0 radical (unpaired) electrons. The quantitative estimate of drug-likeness (QED) is 0.428. The minimum absolute atomic E-state index is 0.196. The summed E-state index contributed by atoms with van der Waals surface area (Å²) in [6.07, 6.45) is 8.46. The van der Waals surface area contributed by atoms with Crippen LogP contribution in [0.15, 0.2) is 35.2 Å². The molecular weight excluding hydrogens is 376 g/mol. The smallest absolute Gasteiger partial charge is 0.313 e. The molecule has 0 amide bonds. The Morgan fingerprint density at radius 1 is 1.28 bits per heavy atom. The summed E-state index contributed by atoms with van der Waals surface area (Å²) in [5.74, 6) is -1.89. The molecule has 1 spiro atoms. The van der Waals surface area contributed by atoms with E-state index in [2.05, 4.69) is 0 Å². The number of furan rings is 1. The second kappa shape index (κ2) is 5.97. The number of cyclic esters (lactones) is 2. The van der Waals surface area contributed by atoms with Gasteiger partial charge >= 0.3 is 17.9 Å². The number of esters is 3. The number of hydrogen-bond donors (Lipinski definition) is 0. The number of ether oxygens (including phenoxy) is 3. The van der Waals surface area contributed by atoms with Gasteiger partial charge in [0, 0.05) is 24.3 Å². The molecule has 1 unspecified atom stereocenters. The highest BCUT2D eigenvalue weighted by Crippen LogP contribution is 2.69. The van der Waals surface area contributed by atoms with Crippen LogP contribution in [-0.4, -0.2) is 30.1 Å². The van der Waals surface area contributed by atoms with Gasteiger partial charge in [-0.1, -0.05) is 19.1 Å². The van der Waals surface area contributed by atoms with E-state index in [1.54, 1.807) is 18.6 Å². The molecule has 0 aromatic carbocycles. The molecule has 154 valence electrons. The van der Waals surface area contributed by atoms with Crippen molar-refractivity contribution in [3.05, 3.63) is 36.3 Å². The van der Waals surface area contributed by atoms with E-state index >= 15 is 0 Å². The summed E-state index contributed by atoms with van der Waals surface area (Å²) in [7, 11) is 0. The molecule has 1 saturated carbocycles. The van der Waals surface area contributed by atoms with Gasteiger partial charge in [-0.05, 0) is 25.3 Å². The van der Waals surface area contributed by atoms with Crippen molar-refractivity contribution >= 4 is 17.9 Å². The average Bonchev–Trinajstić information content (AvgIpc) is 3.30. The summed E-state index contributed by atoms with van der Waals surface area (Å²) in [4.78, 5) is 38.0. The van der Waals surface area contributed by atoms with Crippen molar-refractivity contribution in [3.8, 4) is 0 Å². The Morgan fingerprint density at radius 2 is 2.10 bits per heavy atom. The fourth-order valence-corrected chi connectivity index (χ4v) is 6.53. The molecule has 7 heteroatoms. The van der Waals surface area contributed by atoms with Crippen molar-refractivity contribution in [2.45, 2.75) is 51.2 Å². The second-order valence-electron chi connectivity index (χ2n) is 8.99. The molecule has 0 N–H and O–H groups in total. The molecule has 5 rings (SSSR count). The summed E-state index contributed by atoms with van der Waals surface area (Å²) in [6.45, 7) is 3.59. The predicted molar refractivity (Wildman–Crippen MR) is 98.1 cm³/mol. The Bertz CT molecular complexity index is 902. The van der Waals surface area contributed by atoms with Gasteiger partial charge in [0.1, 0.15) is 18.3 Å². The van der Waals surface area contributed by atoms with Gasteiger partial charge in [0.15, 0.2) is 0 Å². The summed E-state index contributed by atoms with van der Waals surface area (Å²) in [6, 6.07) is 1.78. The van der Waals surface area contributed by atoms with Gasteiger partial charge in [0.2, 0.25) is 0 Å². The summed E-state index contributed by atoms with van der Waals surface area (Å²) >= 11 is 0. The maximum atomic E-state index is 13.1. The average molecular weight is 400 g/mol. The third kappa shape index (κ3) is 2.21. The zero-order valence-corrected chi connectivity index (χ0v) is 16.5. The maximum absolute atomic E-state index is 13.1. The lowest BCUT2D eigenvalue weighted by atomic mass is 9.42. The third-order valence-electron chi connectivity index (χ3n) is 7.82. The maximum Gasteiger partial charge on any atom is 0.313 e. The van der Waals surface area contributed by atoms with E-state index in [-0.39, 0.29) is 18.5 Å². The lowest BCUT2D eigenvalue weighted by molar-refractivity contribution is -0.268. The monoisotopic (exact) mass is 400 g/mol. The van der Waals surface area contributed by atoms with Crippen LogP contribution >= 0.6 is 0 Å². The standard InChI is InChI=1S/C22H24O7/c1-13(23)29-22-7-3-4-16-18(24)27-12-21(16,22)8-5-15-19(25)28-17(10-20(15,22)2)14-6-9-26-11-14/h3-4,6,9,11,15-17H,5,7-8,10,12H2,1-2H3/t15-,16?,17-,20-,21+,22-/m0/s1. The molecular formula is C22H24O7. The zero-order valence-electron chi connectivity index (χ0n) is 16.5. The van der Waals surface area contributed by atoms with Gasteiger partial charge in [-0.2, -0.15) is 0 Å². The SMILES string of the molecule is CC(=O)O[C@]12CC=CC3C(=O)OC[C@]31CC[C@H]1C(=O)O[C@H](c3ccoc3)C[C@@]12C. The van der Waals surface area contributed by atoms with E-state index in [4.69, 9.17) is 18.6 Å². The van der Waals surface area contributed by atoms with E-state index in [1.807, 2.05) is 19.1 Å². The summed E-state index contributed by atoms with van der Waals surface area (Å²) in [5.41, 5.74) is -1.64. The van der Waals surface area contributed by atoms with Crippen LogP contribution in [-0.2, 0) is 28.6 Å². The van der Waals surface area contributed by atoms with Crippen LogP contribution in [0.1, 0.15) is 51.2 Å². The lowest BCUT2D eigenvalue weighted by Crippen LogP contribution is -2.71. The fraction of sp³-hybridized carbons (Fsp3) is 0.591. The molecule has 4 aliphatic rings. The molecule has 2 aliphatic carbocycles. The van der Waals surface area contributed by atoms with Crippen molar-refractivity contribution < 1.29 is 33.0 Å². The largest absolute Gasteiger partial charge is 0.472 e. The molecule has 0 bridgehead atoms. The Labute approximate surface area is 168 Å². The first-order valence-electron chi connectivity index (χ1n) is 10.1. The first kappa shape index (κ1) is 18.5. The minimum atomic E-state index is -1.03. The Morgan fingerprint density at radius 3 is 2.83 bits per heavy atom. The first-order chi connectivity index (χ1) is 13.8. The van der Waals surface area contributed by atoms with Crippen LogP contribution in [0.2, 0.25) is 0 Å². The van der Waals surface area contributed by atoms with E-state index in [0.717, 1.165) is 5.56 Å². The highest BCUT2D eigenvalue weighted by molar-refractivity contribution is 5.81. The molecule has 1 aromatic rings. The van der Waals surface area contributed by atoms with Gasteiger partial charge in [0.25, 0.3) is 0 Å². The van der Waals surface area contributed by atoms with E-state index in [1.165, 1.54) is 6.92 Å². The van der Waals surface area contributed by atoms with Gasteiger partial charge in [-0.15, -0.1) is 0 Å². The number of hydrogen-bond acceptors (Lipinski definition) is 7. The van der Waals surface area contributed by atoms with Crippen LogP contribution in [0.4, 0.5) is 0 Å². The Hall–Kier alpha value is -2.57. The molecule has 7 nitrogen and oxygen atoms in total. The highest BCUT2D eigenvalue weighted by atomic mass is 16.6. The van der Waals surface area contributed by atoms with E-state index in [9.17, 15) is 14.4 Å². The minimum Gasteiger partial charge on any atom is -0.472 e. The number of rotatable bonds is 2. The van der Waals surface area contributed by atoms with Gasteiger partial charge in [-0.3, -0.25) is 14.4 Å². The molecule has 2 aliphatic heterocycles. The molecule has 3 heterocycles. The van der Waals surface area contributed by atoms with Gasteiger partial charge < -0.3 is 18.6 Å². The highest BCUT2D eigenvalue weighted by Gasteiger charge is 2.76. The normalized spacial score (nSPS) is 42.9. The molecule has 6 atom stereocenters. The number of carbonyl (C=O) groups excluding carboxylic acids is 3. The number of fused-ring (bicyclic) bond motifs is 2. The second-order valence-corrected chi connectivity index (χ2v) is 8.99. The van der Waals surface area contributed by atoms with E-state index < -0.39 is 40.3 Å². The Balaban J connectivity index is 1.68. The zero-order chi connectivity index (χ0) is 20.4. The van der Waals surface area contributed by atoms with Crippen molar-refractivity contribution in [3.63, 3.8) is 0 Å². The predicted octanol–water partition coefficient (Wildman–Crippen LogP) is 3.11. The van der Waals surface area contributed by atoms with Crippen molar-refractivity contribution in [1.29, 1.82) is 0 Å². The van der Waals surface area contributed by atoms with Gasteiger partial charge in [-0.25, -0.2) is 0 Å².